The van der Waals surface area contributed by atoms with Crippen molar-refractivity contribution in [3.05, 3.63) is 54.6 Å². The van der Waals surface area contributed by atoms with Gasteiger partial charge in [0.1, 0.15) is 26.1 Å². The molecule has 4 aromatic carbocycles. The number of sulfone groups is 1. The van der Waals surface area contributed by atoms with Crippen LogP contribution in [0.5, 0.6) is 5.75 Å². The van der Waals surface area contributed by atoms with Gasteiger partial charge in [-0.3, -0.25) is 18.2 Å². The number of hydrogen-bond acceptors (Lipinski definition) is 14. The fourth-order valence-electron chi connectivity index (χ4n) is 4.17. The van der Waals surface area contributed by atoms with E-state index in [-0.39, 0.29) is 10.8 Å². The number of aromatic hydroxyl groups is 1. The van der Waals surface area contributed by atoms with E-state index in [1.165, 1.54) is 0 Å². The van der Waals surface area contributed by atoms with Crippen LogP contribution in [0, 0.1) is 0 Å². The molecular formula is C22H18N2O16S5. The molecule has 0 aromatic heterocycles. The minimum atomic E-state index is -5.17. The molecule has 18 nitrogen and oxygen atoms in total. The van der Waals surface area contributed by atoms with E-state index in [1.54, 1.807) is 0 Å². The average Bonchev–Trinajstić information content (AvgIpc) is 2.89. The molecule has 0 saturated carbocycles. The summed E-state index contributed by atoms with van der Waals surface area (Å²) in [6, 6.07) is 8.29. The molecule has 45 heavy (non-hydrogen) atoms. The Balaban J connectivity index is 1.90. The molecule has 0 amide bonds. The third kappa shape index (κ3) is 7.43. The fraction of sp³-hybridized carbons (Fsp3) is 0.0909. The summed E-state index contributed by atoms with van der Waals surface area (Å²) in [4.78, 5) is -3.31. The van der Waals surface area contributed by atoms with Gasteiger partial charge in [-0.25, -0.2) is 12.6 Å². The van der Waals surface area contributed by atoms with E-state index in [2.05, 4.69) is 14.4 Å². The second-order valence-electron chi connectivity index (χ2n) is 8.91. The third-order valence-electron chi connectivity index (χ3n) is 5.98. The van der Waals surface area contributed by atoms with Gasteiger partial charge in [0.05, 0.1) is 17.3 Å². The lowest BCUT2D eigenvalue weighted by molar-refractivity contribution is 0.284. The zero-order chi connectivity index (χ0) is 33.8. The molecule has 242 valence electrons. The highest BCUT2D eigenvalue weighted by molar-refractivity contribution is 7.91. The summed E-state index contributed by atoms with van der Waals surface area (Å²) in [6.07, 6.45) is 0. The number of benzene rings is 4. The van der Waals surface area contributed by atoms with E-state index < -0.39 is 110 Å². The monoisotopic (exact) mass is 726 g/mol. The quantitative estimate of drug-likeness (QED) is 0.116. The minimum Gasteiger partial charge on any atom is -0.505 e. The van der Waals surface area contributed by atoms with Gasteiger partial charge in [-0.05, 0) is 35.7 Å². The Morgan fingerprint density at radius 2 is 1.27 bits per heavy atom. The average molecular weight is 727 g/mol. The van der Waals surface area contributed by atoms with Crippen LogP contribution in [0.25, 0.3) is 21.5 Å². The summed E-state index contributed by atoms with van der Waals surface area (Å²) in [5.74, 6) is -1.97. The highest BCUT2D eigenvalue weighted by Gasteiger charge is 2.26. The molecule has 0 saturated heterocycles. The van der Waals surface area contributed by atoms with E-state index in [1.807, 2.05) is 0 Å². The Labute approximate surface area is 254 Å². The molecular weight excluding hydrogens is 709 g/mol. The maximum atomic E-state index is 12.6. The number of nitrogens with zero attached hydrogens (tertiary/aromatic N) is 2. The molecule has 0 aliphatic heterocycles. The van der Waals surface area contributed by atoms with Crippen LogP contribution in [0.15, 0.2) is 84.4 Å². The van der Waals surface area contributed by atoms with E-state index in [4.69, 9.17) is 4.55 Å². The van der Waals surface area contributed by atoms with Crippen molar-refractivity contribution in [2.45, 2.75) is 19.6 Å². The van der Waals surface area contributed by atoms with Gasteiger partial charge in [0, 0.05) is 16.2 Å². The number of phenolic OH excluding ortho intramolecular Hbond substituents is 1. The third-order valence-corrected chi connectivity index (χ3v) is 10.9. The summed E-state index contributed by atoms with van der Waals surface area (Å²) in [7, 11) is -24.6. The van der Waals surface area contributed by atoms with Gasteiger partial charge < -0.3 is 5.11 Å². The Morgan fingerprint density at radius 1 is 0.644 bits per heavy atom. The van der Waals surface area contributed by atoms with Crippen molar-refractivity contribution >= 4 is 83.5 Å². The molecule has 4 rings (SSSR count). The van der Waals surface area contributed by atoms with Crippen molar-refractivity contribution in [1.29, 1.82) is 0 Å². The molecule has 0 fully saturated rings. The SMILES string of the molecule is O=S(=O)(O)OCCS(=O)(=O)c1ccc2c(S(=O)(=O)O)c(N=Nc3cc(S(=O)(=O)O)c4cccc(S(=O)(=O)O)c4c3O)ccc2c1. The van der Waals surface area contributed by atoms with Crippen LogP contribution in [-0.2, 0) is 54.8 Å². The molecule has 5 N–H and O–H groups in total. The van der Waals surface area contributed by atoms with Crippen LogP contribution >= 0.6 is 0 Å². The van der Waals surface area contributed by atoms with Gasteiger partial charge in [0.15, 0.2) is 15.6 Å². The van der Waals surface area contributed by atoms with Crippen LogP contribution in [0.3, 0.4) is 0 Å². The standard InChI is InChI=1S/C22H18N2O16S5/c25-21-17(11-19(43(31,32)33)15-2-1-3-18(20(15)21)42(28,29)30)24-23-16-7-4-12-10-13(5-6-14(12)22(16)44(34,35)36)41(26,27)9-8-40-45(37,38)39/h1-7,10-11,25H,8-9H2,(H,28,29,30)(H,31,32,33)(H,34,35,36)(H,37,38,39). The highest BCUT2D eigenvalue weighted by atomic mass is 32.3. The predicted molar refractivity (Wildman–Crippen MR) is 153 cm³/mol. The zero-order valence-electron chi connectivity index (χ0n) is 21.8. The van der Waals surface area contributed by atoms with Crippen LogP contribution in [0.4, 0.5) is 11.4 Å². The smallest absolute Gasteiger partial charge is 0.397 e. The van der Waals surface area contributed by atoms with Gasteiger partial charge in [0.25, 0.3) is 30.4 Å². The number of fused-ring (bicyclic) bond motifs is 2. The molecule has 0 atom stereocenters. The van der Waals surface area contributed by atoms with E-state index in [0.29, 0.717) is 6.07 Å². The Kier molecular flexibility index (Phi) is 8.83. The van der Waals surface area contributed by atoms with Crippen LogP contribution in [0.1, 0.15) is 0 Å². The summed E-state index contributed by atoms with van der Waals surface area (Å²) in [5, 5.41) is 16.3. The van der Waals surface area contributed by atoms with Crippen molar-refractivity contribution in [1.82, 2.24) is 0 Å². The molecule has 0 aliphatic carbocycles. The molecule has 4 aromatic rings. The number of rotatable bonds is 10. The zero-order valence-corrected chi connectivity index (χ0v) is 25.9. The second kappa shape index (κ2) is 11.6. The van der Waals surface area contributed by atoms with E-state index in [0.717, 1.165) is 48.5 Å². The van der Waals surface area contributed by atoms with Crippen LogP contribution < -0.4 is 0 Å². The number of azo groups is 1. The first kappa shape index (κ1) is 34.2. The lowest BCUT2D eigenvalue weighted by Gasteiger charge is -2.12. The van der Waals surface area contributed by atoms with Crippen LogP contribution in [0.2, 0.25) is 0 Å². The summed E-state index contributed by atoms with van der Waals surface area (Å²) in [5.41, 5.74) is -1.47. The molecule has 0 aliphatic rings. The van der Waals surface area contributed by atoms with Crippen molar-refractivity contribution in [3.8, 4) is 5.75 Å². The second-order valence-corrected chi connectivity index (χ2v) is 16.3. The first-order valence-corrected chi connectivity index (χ1v) is 18.9. The van der Waals surface area contributed by atoms with Crippen LogP contribution in [-0.4, -0.2) is 77.8 Å². The molecule has 0 spiro atoms. The van der Waals surface area contributed by atoms with Gasteiger partial charge in [-0.1, -0.05) is 24.3 Å². The highest BCUT2D eigenvalue weighted by Crippen LogP contribution is 2.43. The molecule has 23 heteroatoms. The molecule has 0 radical (unpaired) electrons. The van der Waals surface area contributed by atoms with Crippen molar-refractivity contribution in [2.75, 3.05) is 12.4 Å². The lowest BCUT2D eigenvalue weighted by atomic mass is 10.1. The molecule has 0 heterocycles. The minimum absolute atomic E-state index is 0.0987. The lowest BCUT2D eigenvalue weighted by Crippen LogP contribution is -2.15. The summed E-state index contributed by atoms with van der Waals surface area (Å²) < 4.78 is 161. The Morgan fingerprint density at radius 3 is 1.84 bits per heavy atom. The topological polar surface area (TPSA) is 306 Å². The largest absolute Gasteiger partial charge is 0.505 e. The van der Waals surface area contributed by atoms with Gasteiger partial charge in [0.2, 0.25) is 0 Å². The molecule has 0 unspecified atom stereocenters. The van der Waals surface area contributed by atoms with Gasteiger partial charge in [-0.15, -0.1) is 10.2 Å². The molecule has 0 bridgehead atoms. The first-order valence-electron chi connectivity index (χ1n) is 11.5. The van der Waals surface area contributed by atoms with Gasteiger partial charge >= 0.3 is 10.4 Å². The Bertz CT molecular complexity index is 2480. The van der Waals surface area contributed by atoms with E-state index >= 15 is 0 Å². The maximum Gasteiger partial charge on any atom is 0.397 e. The van der Waals surface area contributed by atoms with Crippen molar-refractivity contribution < 1.29 is 69.6 Å². The first-order chi connectivity index (χ1) is 20.5. The number of phenols is 1. The summed E-state index contributed by atoms with van der Waals surface area (Å²) in [6.45, 7) is -0.943. The normalized spacial score (nSPS) is 13.6. The van der Waals surface area contributed by atoms with Crippen molar-refractivity contribution in [2.24, 2.45) is 10.2 Å². The predicted octanol–water partition coefficient (Wildman–Crippen LogP) is 2.45. The fourth-order valence-corrected chi connectivity index (χ4v) is 7.95. The van der Waals surface area contributed by atoms with E-state index in [9.17, 15) is 60.9 Å². The number of hydrogen-bond donors (Lipinski definition) is 5. The maximum absolute atomic E-state index is 12.6. The van der Waals surface area contributed by atoms with Gasteiger partial charge in [-0.2, -0.15) is 33.7 Å². The Hall–Kier alpha value is -3.65. The summed E-state index contributed by atoms with van der Waals surface area (Å²) >= 11 is 0. The van der Waals surface area contributed by atoms with Crippen molar-refractivity contribution in [3.63, 3.8) is 0 Å².